The molecule has 5 nitrogen and oxygen atoms in total. The van der Waals surface area contributed by atoms with Gasteiger partial charge in [0.05, 0.1) is 11.6 Å². The van der Waals surface area contributed by atoms with Crippen molar-refractivity contribution in [2.45, 2.75) is 26.6 Å². The molecule has 0 N–H and O–H groups in total. The molecule has 1 aromatic heterocycles. The third kappa shape index (κ3) is 4.59. The van der Waals surface area contributed by atoms with Gasteiger partial charge in [-0.15, -0.1) is 0 Å². The van der Waals surface area contributed by atoms with Gasteiger partial charge >= 0.3 is 0 Å². The lowest BCUT2D eigenvalue weighted by molar-refractivity contribution is 0.250. The summed E-state index contributed by atoms with van der Waals surface area (Å²) in [6, 6.07) is 12.2. The highest BCUT2D eigenvalue weighted by atomic mass is 35.5. The van der Waals surface area contributed by atoms with Gasteiger partial charge in [-0.1, -0.05) is 41.0 Å². The maximum atomic E-state index is 13.9. The van der Waals surface area contributed by atoms with E-state index in [1.54, 1.807) is 19.1 Å². The van der Waals surface area contributed by atoms with Gasteiger partial charge in [0.15, 0.2) is 5.82 Å². The van der Waals surface area contributed by atoms with Crippen LogP contribution in [0.4, 0.5) is 4.39 Å². The average Bonchev–Trinajstić information content (AvgIpc) is 3.00. The minimum absolute atomic E-state index is 0.0646. The van der Waals surface area contributed by atoms with E-state index in [0.29, 0.717) is 41.1 Å². The highest BCUT2D eigenvalue weighted by Gasteiger charge is 2.12. The third-order valence-corrected chi connectivity index (χ3v) is 4.18. The van der Waals surface area contributed by atoms with Crippen molar-refractivity contribution in [3.8, 4) is 5.75 Å². The van der Waals surface area contributed by atoms with E-state index in [9.17, 15) is 4.39 Å². The van der Waals surface area contributed by atoms with Crippen molar-refractivity contribution in [1.29, 1.82) is 0 Å². The Labute approximate surface area is 156 Å². The number of rotatable bonds is 7. The zero-order valence-corrected chi connectivity index (χ0v) is 15.3. The molecule has 0 aliphatic carbocycles. The smallest absolute Gasteiger partial charge is 0.240 e. The van der Waals surface area contributed by atoms with Gasteiger partial charge < -0.3 is 9.26 Å². The number of aromatic nitrogens is 2. The van der Waals surface area contributed by atoms with E-state index in [-0.39, 0.29) is 12.4 Å². The lowest BCUT2D eigenvalue weighted by atomic mass is 10.2. The molecule has 0 amide bonds. The summed E-state index contributed by atoms with van der Waals surface area (Å²) in [5.74, 6) is 1.47. The normalized spacial score (nSPS) is 11.1. The molecule has 0 aliphatic heterocycles. The van der Waals surface area contributed by atoms with Crippen molar-refractivity contribution in [2.75, 3.05) is 7.05 Å². The standard InChI is InChI=1S/C19H19ClFN3O2/c1-13-22-19(26-23-13)11-24(2)10-14-6-3-4-9-18(14)25-12-15-16(20)7-5-8-17(15)21/h3-9H,10-12H2,1-2H3. The van der Waals surface area contributed by atoms with Crippen LogP contribution in [0.15, 0.2) is 47.0 Å². The van der Waals surface area contributed by atoms with Crippen LogP contribution >= 0.6 is 11.6 Å². The van der Waals surface area contributed by atoms with Gasteiger partial charge in [-0.05, 0) is 32.2 Å². The van der Waals surface area contributed by atoms with E-state index in [1.807, 2.05) is 36.2 Å². The number of ether oxygens (including phenoxy) is 1. The molecular weight excluding hydrogens is 357 g/mol. The molecular formula is C19H19ClFN3O2. The van der Waals surface area contributed by atoms with Gasteiger partial charge in [0.2, 0.25) is 5.89 Å². The number of para-hydroxylation sites is 1. The number of halogens is 2. The second kappa shape index (κ2) is 8.29. The van der Waals surface area contributed by atoms with Crippen molar-refractivity contribution in [1.82, 2.24) is 15.0 Å². The highest BCUT2D eigenvalue weighted by Crippen LogP contribution is 2.24. The van der Waals surface area contributed by atoms with Crippen LogP contribution < -0.4 is 4.74 Å². The first kappa shape index (κ1) is 18.4. The average molecular weight is 376 g/mol. The van der Waals surface area contributed by atoms with Crippen molar-refractivity contribution in [3.05, 3.63) is 76.1 Å². The summed E-state index contributed by atoms with van der Waals surface area (Å²) in [4.78, 5) is 6.24. The molecule has 0 aliphatic rings. The van der Waals surface area contributed by atoms with Gasteiger partial charge in [-0.3, -0.25) is 4.90 Å². The topological polar surface area (TPSA) is 51.4 Å². The molecule has 0 spiro atoms. The molecule has 0 fully saturated rings. The molecule has 1 heterocycles. The van der Waals surface area contributed by atoms with E-state index >= 15 is 0 Å². The van der Waals surface area contributed by atoms with Crippen LogP contribution in [-0.4, -0.2) is 22.1 Å². The van der Waals surface area contributed by atoms with Gasteiger partial charge in [0.1, 0.15) is 18.2 Å². The Balaban J connectivity index is 1.68. The lowest BCUT2D eigenvalue weighted by Crippen LogP contribution is -2.18. The van der Waals surface area contributed by atoms with E-state index in [0.717, 1.165) is 5.56 Å². The van der Waals surface area contributed by atoms with Crippen LogP contribution in [-0.2, 0) is 19.7 Å². The van der Waals surface area contributed by atoms with Crippen LogP contribution in [0.2, 0.25) is 5.02 Å². The van der Waals surface area contributed by atoms with Crippen LogP contribution in [0.1, 0.15) is 22.8 Å². The zero-order valence-electron chi connectivity index (χ0n) is 14.6. The first-order valence-electron chi connectivity index (χ1n) is 8.14. The lowest BCUT2D eigenvalue weighted by Gasteiger charge is -2.17. The maximum absolute atomic E-state index is 13.9. The maximum Gasteiger partial charge on any atom is 0.240 e. The molecule has 0 saturated heterocycles. The Morgan fingerprint density at radius 3 is 2.69 bits per heavy atom. The fourth-order valence-electron chi connectivity index (χ4n) is 2.58. The molecule has 0 radical (unpaired) electrons. The zero-order chi connectivity index (χ0) is 18.5. The fourth-order valence-corrected chi connectivity index (χ4v) is 2.79. The SMILES string of the molecule is Cc1noc(CN(C)Cc2ccccc2OCc2c(F)cccc2Cl)n1. The Bertz CT molecular complexity index is 864. The molecule has 26 heavy (non-hydrogen) atoms. The van der Waals surface area contributed by atoms with Crippen LogP contribution in [0.5, 0.6) is 5.75 Å². The van der Waals surface area contributed by atoms with Crippen molar-refractivity contribution < 1.29 is 13.7 Å². The van der Waals surface area contributed by atoms with Gasteiger partial charge in [0, 0.05) is 17.7 Å². The van der Waals surface area contributed by atoms with Crippen LogP contribution in [0, 0.1) is 12.7 Å². The highest BCUT2D eigenvalue weighted by molar-refractivity contribution is 6.31. The Morgan fingerprint density at radius 1 is 1.15 bits per heavy atom. The quantitative estimate of drug-likeness (QED) is 0.613. The summed E-state index contributed by atoms with van der Waals surface area (Å²) in [6.45, 7) is 2.98. The predicted molar refractivity (Wildman–Crippen MR) is 96.4 cm³/mol. The van der Waals surface area contributed by atoms with E-state index in [2.05, 4.69) is 10.1 Å². The first-order chi connectivity index (χ1) is 12.5. The van der Waals surface area contributed by atoms with Crippen molar-refractivity contribution in [2.24, 2.45) is 0 Å². The predicted octanol–water partition coefficient (Wildman–Crippen LogP) is 4.38. The Morgan fingerprint density at radius 2 is 1.96 bits per heavy atom. The number of hydrogen-bond donors (Lipinski definition) is 0. The molecule has 3 rings (SSSR count). The van der Waals surface area contributed by atoms with Gasteiger partial charge in [0.25, 0.3) is 0 Å². The summed E-state index contributed by atoms with van der Waals surface area (Å²) in [6.07, 6.45) is 0. The second-order valence-electron chi connectivity index (χ2n) is 6.00. The molecule has 0 saturated carbocycles. The number of aryl methyl sites for hydroxylation is 1. The minimum Gasteiger partial charge on any atom is -0.488 e. The van der Waals surface area contributed by atoms with Crippen LogP contribution in [0.25, 0.3) is 0 Å². The molecule has 7 heteroatoms. The summed E-state index contributed by atoms with van der Waals surface area (Å²) in [5, 5.41) is 4.14. The van der Waals surface area contributed by atoms with E-state index < -0.39 is 0 Å². The number of nitrogens with zero attached hydrogens (tertiary/aromatic N) is 3. The Hall–Kier alpha value is -2.44. The molecule has 3 aromatic rings. The summed E-state index contributed by atoms with van der Waals surface area (Å²) in [7, 11) is 1.95. The van der Waals surface area contributed by atoms with Gasteiger partial charge in [-0.25, -0.2) is 4.39 Å². The number of hydrogen-bond acceptors (Lipinski definition) is 5. The van der Waals surface area contributed by atoms with E-state index in [1.165, 1.54) is 6.07 Å². The summed E-state index contributed by atoms with van der Waals surface area (Å²) < 4.78 is 24.9. The Kier molecular flexibility index (Phi) is 5.85. The third-order valence-electron chi connectivity index (χ3n) is 3.82. The molecule has 0 bridgehead atoms. The largest absolute Gasteiger partial charge is 0.488 e. The molecule has 2 aromatic carbocycles. The number of benzene rings is 2. The second-order valence-corrected chi connectivity index (χ2v) is 6.41. The first-order valence-corrected chi connectivity index (χ1v) is 8.52. The van der Waals surface area contributed by atoms with Crippen LogP contribution in [0.3, 0.4) is 0 Å². The molecule has 136 valence electrons. The fraction of sp³-hybridized carbons (Fsp3) is 0.263. The van der Waals surface area contributed by atoms with Crippen molar-refractivity contribution in [3.63, 3.8) is 0 Å². The van der Waals surface area contributed by atoms with Gasteiger partial charge in [-0.2, -0.15) is 4.98 Å². The molecule has 0 unspecified atom stereocenters. The molecule has 0 atom stereocenters. The van der Waals surface area contributed by atoms with Crippen molar-refractivity contribution >= 4 is 11.6 Å². The summed E-state index contributed by atoms with van der Waals surface area (Å²) >= 11 is 6.06. The monoisotopic (exact) mass is 375 g/mol. The summed E-state index contributed by atoms with van der Waals surface area (Å²) in [5.41, 5.74) is 1.32. The minimum atomic E-state index is -0.376. The van der Waals surface area contributed by atoms with E-state index in [4.69, 9.17) is 20.9 Å².